The molecular weight excluding hydrogens is 272 g/mol. The normalized spacial score (nSPS) is 12.9. The molecule has 2 aromatic carbocycles. The molecule has 0 saturated heterocycles. The fourth-order valence-corrected chi connectivity index (χ4v) is 2.16. The number of benzene rings is 2. The van der Waals surface area contributed by atoms with Gasteiger partial charge in [0.15, 0.2) is 0 Å². The molecule has 0 amide bonds. The molecule has 0 bridgehead atoms. The van der Waals surface area contributed by atoms with Gasteiger partial charge in [0, 0.05) is 0 Å². The van der Waals surface area contributed by atoms with Crippen LogP contribution in [-0.4, -0.2) is 10.2 Å². The summed E-state index contributed by atoms with van der Waals surface area (Å²) in [5.41, 5.74) is 2.35. The lowest BCUT2D eigenvalue weighted by Gasteiger charge is -2.09. The van der Waals surface area contributed by atoms with Crippen LogP contribution >= 0.6 is 0 Å². The minimum absolute atomic E-state index is 0.344. The van der Waals surface area contributed by atoms with Crippen molar-refractivity contribution in [3.8, 4) is 11.5 Å². The molecule has 0 aliphatic carbocycles. The fraction of sp³-hybridized carbons (Fsp3) is 0.400. The number of hydrogen-bond donors (Lipinski definition) is 2. The molecule has 0 spiro atoms. The summed E-state index contributed by atoms with van der Waals surface area (Å²) in [5, 5.41) is 18.4. The van der Waals surface area contributed by atoms with E-state index in [1.165, 1.54) is 5.56 Å². The van der Waals surface area contributed by atoms with E-state index in [-0.39, 0.29) is 0 Å². The van der Waals surface area contributed by atoms with E-state index in [1.54, 1.807) is 18.2 Å². The first kappa shape index (κ1) is 18.1. The fourth-order valence-electron chi connectivity index (χ4n) is 2.16. The van der Waals surface area contributed by atoms with E-state index in [1.807, 2.05) is 30.3 Å². The third-order valence-electron chi connectivity index (χ3n) is 4.15. The number of rotatable bonds is 4. The summed E-state index contributed by atoms with van der Waals surface area (Å²) in [6, 6.07) is 14.9. The molecule has 2 aromatic rings. The Bertz CT molecular complexity index is 546. The summed E-state index contributed by atoms with van der Waals surface area (Å²) in [7, 11) is 0. The largest absolute Gasteiger partial charge is 0.508 e. The molecule has 0 saturated carbocycles. The summed E-state index contributed by atoms with van der Waals surface area (Å²) in [6.45, 7) is 8.59. The number of para-hydroxylation sites is 1. The zero-order valence-electron chi connectivity index (χ0n) is 14.1. The Kier molecular flexibility index (Phi) is 7.51. The highest BCUT2D eigenvalue weighted by atomic mass is 16.3. The predicted molar refractivity (Wildman–Crippen MR) is 93.6 cm³/mol. The zero-order chi connectivity index (χ0) is 16.5. The summed E-state index contributed by atoms with van der Waals surface area (Å²) in [6.07, 6.45) is 2.21. The molecule has 0 aliphatic rings. The Morgan fingerprint density at radius 1 is 0.773 bits per heavy atom. The van der Waals surface area contributed by atoms with Gasteiger partial charge in [-0.15, -0.1) is 0 Å². The molecule has 2 N–H and O–H groups in total. The van der Waals surface area contributed by atoms with E-state index in [0.717, 1.165) is 18.4 Å². The second-order valence-electron chi connectivity index (χ2n) is 5.77. The molecule has 0 aliphatic heterocycles. The van der Waals surface area contributed by atoms with Crippen molar-refractivity contribution in [2.24, 2.45) is 0 Å². The average Bonchev–Trinajstić information content (AvgIpc) is 2.55. The standard InChI is InChI=1S/2C10H14O/c1-3-8(2)9-4-6-10(11)7-5-9;1-3-8(2)9-6-4-5-7-10(9)11/h2*4-8,11H,3H2,1-2H3. The molecule has 2 nitrogen and oxygen atoms in total. The van der Waals surface area contributed by atoms with E-state index in [0.29, 0.717) is 23.3 Å². The second-order valence-corrected chi connectivity index (χ2v) is 5.77. The van der Waals surface area contributed by atoms with Crippen LogP contribution in [0.4, 0.5) is 0 Å². The lowest BCUT2D eigenvalue weighted by Crippen LogP contribution is -1.90. The van der Waals surface area contributed by atoms with Crippen LogP contribution in [0.5, 0.6) is 11.5 Å². The quantitative estimate of drug-likeness (QED) is 0.747. The Balaban J connectivity index is 0.000000220. The van der Waals surface area contributed by atoms with E-state index in [4.69, 9.17) is 5.11 Å². The molecule has 0 fully saturated rings. The molecule has 2 atom stereocenters. The van der Waals surface area contributed by atoms with Gasteiger partial charge in [-0.2, -0.15) is 0 Å². The van der Waals surface area contributed by atoms with Crippen LogP contribution in [0, 0.1) is 0 Å². The van der Waals surface area contributed by atoms with Gasteiger partial charge in [-0.25, -0.2) is 0 Å². The van der Waals surface area contributed by atoms with Crippen LogP contribution in [0.15, 0.2) is 48.5 Å². The van der Waals surface area contributed by atoms with Crippen LogP contribution in [0.3, 0.4) is 0 Å². The van der Waals surface area contributed by atoms with Crippen molar-refractivity contribution in [2.75, 3.05) is 0 Å². The molecule has 2 rings (SSSR count). The summed E-state index contributed by atoms with van der Waals surface area (Å²) < 4.78 is 0. The Morgan fingerprint density at radius 2 is 1.32 bits per heavy atom. The molecule has 0 aromatic heterocycles. The molecule has 22 heavy (non-hydrogen) atoms. The van der Waals surface area contributed by atoms with Gasteiger partial charge in [-0.1, -0.05) is 58.0 Å². The highest BCUT2D eigenvalue weighted by molar-refractivity contribution is 5.34. The van der Waals surface area contributed by atoms with Crippen molar-refractivity contribution in [3.63, 3.8) is 0 Å². The average molecular weight is 300 g/mol. The van der Waals surface area contributed by atoms with Crippen molar-refractivity contribution >= 4 is 0 Å². The first-order valence-corrected chi connectivity index (χ1v) is 8.06. The summed E-state index contributed by atoms with van der Waals surface area (Å²) in [4.78, 5) is 0. The van der Waals surface area contributed by atoms with Crippen LogP contribution in [-0.2, 0) is 0 Å². The molecule has 0 radical (unpaired) electrons. The summed E-state index contributed by atoms with van der Waals surface area (Å²) >= 11 is 0. The minimum atomic E-state index is 0.344. The third-order valence-corrected chi connectivity index (χ3v) is 4.15. The molecule has 120 valence electrons. The third kappa shape index (κ3) is 5.44. The number of phenolic OH excluding ortho intramolecular Hbond substituents is 2. The van der Waals surface area contributed by atoms with Crippen LogP contribution in [0.2, 0.25) is 0 Å². The molecule has 0 heterocycles. The topological polar surface area (TPSA) is 40.5 Å². The highest BCUT2D eigenvalue weighted by Gasteiger charge is 2.05. The van der Waals surface area contributed by atoms with Gasteiger partial charge in [-0.3, -0.25) is 0 Å². The second kappa shape index (κ2) is 9.14. The van der Waals surface area contributed by atoms with Gasteiger partial charge < -0.3 is 10.2 Å². The van der Waals surface area contributed by atoms with Crippen molar-refractivity contribution in [2.45, 2.75) is 52.4 Å². The van der Waals surface area contributed by atoms with Crippen molar-refractivity contribution in [3.05, 3.63) is 59.7 Å². The van der Waals surface area contributed by atoms with E-state index < -0.39 is 0 Å². The Morgan fingerprint density at radius 3 is 1.82 bits per heavy atom. The predicted octanol–water partition coefficient (Wildman–Crippen LogP) is 5.81. The number of aromatic hydroxyl groups is 2. The maximum atomic E-state index is 9.41. The van der Waals surface area contributed by atoms with E-state index in [9.17, 15) is 5.11 Å². The Hall–Kier alpha value is -1.96. The maximum Gasteiger partial charge on any atom is 0.119 e. The minimum Gasteiger partial charge on any atom is -0.508 e. The first-order valence-electron chi connectivity index (χ1n) is 8.06. The van der Waals surface area contributed by atoms with Crippen LogP contribution in [0.25, 0.3) is 0 Å². The summed E-state index contributed by atoms with van der Waals surface area (Å²) in [5.74, 6) is 1.81. The van der Waals surface area contributed by atoms with Gasteiger partial charge >= 0.3 is 0 Å². The lowest BCUT2D eigenvalue weighted by atomic mass is 9.98. The van der Waals surface area contributed by atoms with Gasteiger partial charge in [0.2, 0.25) is 0 Å². The Labute approximate surface area is 134 Å². The van der Waals surface area contributed by atoms with Crippen LogP contribution in [0.1, 0.15) is 63.5 Å². The van der Waals surface area contributed by atoms with Crippen molar-refractivity contribution in [1.29, 1.82) is 0 Å². The van der Waals surface area contributed by atoms with Crippen LogP contribution < -0.4 is 0 Å². The highest BCUT2D eigenvalue weighted by Crippen LogP contribution is 2.26. The number of hydrogen-bond acceptors (Lipinski definition) is 2. The van der Waals surface area contributed by atoms with E-state index in [2.05, 4.69) is 27.7 Å². The number of phenols is 2. The van der Waals surface area contributed by atoms with Crippen molar-refractivity contribution < 1.29 is 10.2 Å². The SMILES string of the molecule is CCC(C)c1ccc(O)cc1.CCC(C)c1ccccc1O. The first-order chi connectivity index (χ1) is 10.5. The van der Waals surface area contributed by atoms with Crippen molar-refractivity contribution in [1.82, 2.24) is 0 Å². The molecule has 2 unspecified atom stereocenters. The van der Waals surface area contributed by atoms with Gasteiger partial charge in [-0.05, 0) is 54.0 Å². The lowest BCUT2D eigenvalue weighted by molar-refractivity contribution is 0.462. The molecular formula is C20H28O2. The van der Waals surface area contributed by atoms with Gasteiger partial charge in [0.1, 0.15) is 11.5 Å². The molecule has 2 heteroatoms. The van der Waals surface area contributed by atoms with Gasteiger partial charge in [0.05, 0.1) is 0 Å². The smallest absolute Gasteiger partial charge is 0.119 e. The maximum absolute atomic E-state index is 9.41. The van der Waals surface area contributed by atoms with Gasteiger partial charge in [0.25, 0.3) is 0 Å². The monoisotopic (exact) mass is 300 g/mol. The van der Waals surface area contributed by atoms with E-state index >= 15 is 0 Å². The zero-order valence-corrected chi connectivity index (χ0v) is 14.1.